The van der Waals surface area contributed by atoms with Crippen LogP contribution in [0.3, 0.4) is 0 Å². The number of hydrogen-bond acceptors (Lipinski definition) is 4. The molecule has 3 N–H and O–H groups in total. The van der Waals surface area contributed by atoms with Crippen molar-refractivity contribution in [2.45, 2.75) is 18.6 Å². The van der Waals surface area contributed by atoms with Gasteiger partial charge in [-0.2, -0.15) is 0 Å². The molecule has 98 valence electrons. The molecule has 0 spiro atoms. The van der Waals surface area contributed by atoms with Crippen LogP contribution >= 0.6 is 0 Å². The van der Waals surface area contributed by atoms with Crippen molar-refractivity contribution in [3.05, 3.63) is 36.5 Å². The van der Waals surface area contributed by atoms with Gasteiger partial charge in [0.15, 0.2) is 0 Å². The zero-order chi connectivity index (χ0) is 13.2. The highest BCUT2D eigenvalue weighted by Crippen LogP contribution is 2.17. The van der Waals surface area contributed by atoms with Crippen molar-refractivity contribution in [2.75, 3.05) is 11.9 Å². The topological polar surface area (TPSA) is 74.2 Å². The summed E-state index contributed by atoms with van der Waals surface area (Å²) in [6, 6.07) is 9.31. The quantitative estimate of drug-likeness (QED) is 0.747. The molecule has 2 atom stereocenters. The Balaban J connectivity index is 1.76. The normalized spacial score (nSPS) is 22.6. The van der Waals surface area contributed by atoms with Crippen molar-refractivity contribution in [1.29, 1.82) is 0 Å². The highest BCUT2D eigenvalue weighted by atomic mass is 16.3. The van der Waals surface area contributed by atoms with Gasteiger partial charge in [-0.25, -0.2) is 0 Å². The van der Waals surface area contributed by atoms with E-state index in [1.807, 2.05) is 30.3 Å². The van der Waals surface area contributed by atoms with E-state index in [9.17, 15) is 9.90 Å². The Morgan fingerprint density at radius 3 is 3.05 bits per heavy atom. The number of β-amino-alcohol motifs (C(OH)–C–C–N with tert-alkyl or cyclic N) is 1. The molecular formula is C14H15N3O2. The summed E-state index contributed by atoms with van der Waals surface area (Å²) in [4.78, 5) is 16.3. The van der Waals surface area contributed by atoms with Crippen LogP contribution in [0.1, 0.15) is 6.42 Å². The second-order valence-electron chi connectivity index (χ2n) is 4.76. The second kappa shape index (κ2) is 4.95. The van der Waals surface area contributed by atoms with Gasteiger partial charge in [0.05, 0.1) is 29.5 Å². The van der Waals surface area contributed by atoms with Crippen molar-refractivity contribution in [1.82, 2.24) is 10.3 Å². The third kappa shape index (κ3) is 2.57. The van der Waals surface area contributed by atoms with E-state index in [1.54, 1.807) is 6.20 Å². The minimum atomic E-state index is -0.439. The molecule has 19 heavy (non-hydrogen) atoms. The SMILES string of the molecule is O=C(Nc1cnc2ccccc2c1)C1CC(O)CN1. The van der Waals surface area contributed by atoms with Crippen molar-refractivity contribution in [3.8, 4) is 0 Å². The number of benzene rings is 1. The fourth-order valence-electron chi connectivity index (χ4n) is 2.29. The average molecular weight is 257 g/mol. The monoisotopic (exact) mass is 257 g/mol. The molecular weight excluding hydrogens is 242 g/mol. The lowest BCUT2D eigenvalue weighted by molar-refractivity contribution is -0.117. The average Bonchev–Trinajstić information content (AvgIpc) is 2.85. The molecule has 0 radical (unpaired) electrons. The lowest BCUT2D eigenvalue weighted by Crippen LogP contribution is -2.35. The van der Waals surface area contributed by atoms with Gasteiger partial charge in [-0.05, 0) is 18.6 Å². The number of amides is 1. The van der Waals surface area contributed by atoms with Crippen LogP contribution < -0.4 is 10.6 Å². The van der Waals surface area contributed by atoms with Crippen LogP contribution in [0, 0.1) is 0 Å². The van der Waals surface area contributed by atoms with Gasteiger partial charge in [0.2, 0.25) is 5.91 Å². The molecule has 1 aliphatic rings. The Hall–Kier alpha value is -1.98. The molecule has 0 bridgehead atoms. The maximum Gasteiger partial charge on any atom is 0.241 e. The lowest BCUT2D eigenvalue weighted by Gasteiger charge is -2.11. The van der Waals surface area contributed by atoms with Crippen molar-refractivity contribution >= 4 is 22.5 Å². The fraction of sp³-hybridized carbons (Fsp3) is 0.286. The summed E-state index contributed by atoms with van der Waals surface area (Å²) in [7, 11) is 0. The Labute approximate surface area is 110 Å². The molecule has 1 saturated heterocycles. The molecule has 2 unspecified atom stereocenters. The summed E-state index contributed by atoms with van der Waals surface area (Å²) in [5.74, 6) is -0.131. The Bertz CT molecular complexity index is 614. The van der Waals surface area contributed by atoms with Gasteiger partial charge in [-0.1, -0.05) is 18.2 Å². The van der Waals surface area contributed by atoms with Gasteiger partial charge in [-0.15, -0.1) is 0 Å². The third-order valence-corrected chi connectivity index (χ3v) is 3.28. The number of aromatic nitrogens is 1. The zero-order valence-electron chi connectivity index (χ0n) is 10.3. The number of anilines is 1. The Morgan fingerprint density at radius 2 is 2.26 bits per heavy atom. The molecule has 1 fully saturated rings. The van der Waals surface area contributed by atoms with Crippen molar-refractivity contribution in [3.63, 3.8) is 0 Å². The summed E-state index contributed by atoms with van der Waals surface area (Å²) in [6.45, 7) is 0.466. The van der Waals surface area contributed by atoms with Crippen LogP contribution in [0.2, 0.25) is 0 Å². The number of carbonyl (C=O) groups excluding carboxylic acids is 1. The van der Waals surface area contributed by atoms with Gasteiger partial charge in [0.1, 0.15) is 0 Å². The molecule has 1 aliphatic heterocycles. The first-order valence-electron chi connectivity index (χ1n) is 6.29. The van der Waals surface area contributed by atoms with Crippen LogP contribution in [0.4, 0.5) is 5.69 Å². The summed E-state index contributed by atoms with van der Waals surface area (Å²) in [5.41, 5.74) is 1.57. The second-order valence-corrected chi connectivity index (χ2v) is 4.76. The highest BCUT2D eigenvalue weighted by Gasteiger charge is 2.27. The molecule has 1 aromatic heterocycles. The lowest BCUT2D eigenvalue weighted by atomic mass is 10.2. The van der Waals surface area contributed by atoms with Crippen LogP contribution in [0.5, 0.6) is 0 Å². The predicted octanol–water partition coefficient (Wildman–Crippen LogP) is 0.896. The molecule has 3 rings (SSSR count). The van der Waals surface area contributed by atoms with E-state index in [-0.39, 0.29) is 11.9 Å². The van der Waals surface area contributed by atoms with Crippen LogP contribution in [0.15, 0.2) is 36.5 Å². The number of fused-ring (bicyclic) bond motifs is 1. The van der Waals surface area contributed by atoms with E-state index in [2.05, 4.69) is 15.6 Å². The van der Waals surface area contributed by atoms with Crippen molar-refractivity contribution in [2.24, 2.45) is 0 Å². The van der Waals surface area contributed by atoms with E-state index in [1.165, 1.54) is 0 Å². The van der Waals surface area contributed by atoms with Gasteiger partial charge in [0, 0.05) is 11.9 Å². The predicted molar refractivity (Wildman–Crippen MR) is 72.8 cm³/mol. The number of hydrogen-bond donors (Lipinski definition) is 3. The smallest absolute Gasteiger partial charge is 0.241 e. The van der Waals surface area contributed by atoms with Crippen LogP contribution in [-0.4, -0.2) is 34.7 Å². The molecule has 2 heterocycles. The zero-order valence-corrected chi connectivity index (χ0v) is 10.3. The number of nitrogens with zero attached hydrogens (tertiary/aromatic N) is 1. The minimum absolute atomic E-state index is 0.131. The van der Waals surface area contributed by atoms with E-state index in [0.29, 0.717) is 18.7 Å². The minimum Gasteiger partial charge on any atom is -0.392 e. The number of rotatable bonds is 2. The first-order chi connectivity index (χ1) is 9.22. The molecule has 1 amide bonds. The van der Waals surface area contributed by atoms with Gasteiger partial charge in [0.25, 0.3) is 0 Å². The highest BCUT2D eigenvalue weighted by molar-refractivity contribution is 5.96. The number of nitrogens with one attached hydrogen (secondary N) is 2. The fourth-order valence-corrected chi connectivity index (χ4v) is 2.29. The van der Waals surface area contributed by atoms with Crippen molar-refractivity contribution < 1.29 is 9.90 Å². The number of para-hydroxylation sites is 1. The molecule has 0 saturated carbocycles. The number of pyridine rings is 1. The largest absolute Gasteiger partial charge is 0.392 e. The van der Waals surface area contributed by atoms with E-state index < -0.39 is 6.10 Å². The standard InChI is InChI=1S/C14H15N3O2/c18-11-6-13(16-8-11)14(19)17-10-5-9-3-1-2-4-12(9)15-7-10/h1-5,7,11,13,16,18H,6,8H2,(H,17,19). The summed E-state index contributed by atoms with van der Waals surface area (Å²) in [5, 5.41) is 16.2. The molecule has 5 heteroatoms. The Kier molecular flexibility index (Phi) is 3.15. The maximum absolute atomic E-state index is 12.0. The summed E-state index contributed by atoms with van der Waals surface area (Å²) >= 11 is 0. The van der Waals surface area contributed by atoms with Crippen LogP contribution in [0.25, 0.3) is 10.9 Å². The molecule has 2 aromatic rings. The van der Waals surface area contributed by atoms with E-state index >= 15 is 0 Å². The van der Waals surface area contributed by atoms with Gasteiger partial charge < -0.3 is 15.7 Å². The summed E-state index contributed by atoms with van der Waals surface area (Å²) in [6.07, 6.45) is 1.66. The molecule has 1 aromatic carbocycles. The Morgan fingerprint density at radius 1 is 1.42 bits per heavy atom. The summed E-state index contributed by atoms with van der Waals surface area (Å²) < 4.78 is 0. The maximum atomic E-state index is 12.0. The van der Waals surface area contributed by atoms with E-state index in [4.69, 9.17) is 0 Å². The van der Waals surface area contributed by atoms with Gasteiger partial charge in [-0.3, -0.25) is 9.78 Å². The number of aliphatic hydroxyl groups excluding tert-OH is 1. The van der Waals surface area contributed by atoms with Gasteiger partial charge >= 0.3 is 0 Å². The van der Waals surface area contributed by atoms with Crippen LogP contribution in [-0.2, 0) is 4.79 Å². The number of aliphatic hydroxyl groups is 1. The first kappa shape index (κ1) is 12.1. The molecule has 5 nitrogen and oxygen atoms in total. The third-order valence-electron chi connectivity index (χ3n) is 3.28. The number of carbonyl (C=O) groups is 1. The van der Waals surface area contributed by atoms with E-state index in [0.717, 1.165) is 10.9 Å². The molecule has 0 aliphatic carbocycles. The first-order valence-corrected chi connectivity index (χ1v) is 6.29.